The van der Waals surface area contributed by atoms with E-state index in [-0.39, 0.29) is 18.8 Å². The van der Waals surface area contributed by atoms with E-state index in [1.165, 1.54) is 6.07 Å². The van der Waals surface area contributed by atoms with Gasteiger partial charge in [-0.25, -0.2) is 0 Å². The topological polar surface area (TPSA) is 80.9 Å². The molecule has 0 aliphatic rings. The summed E-state index contributed by atoms with van der Waals surface area (Å²) in [5, 5.41) is 39.6. The van der Waals surface area contributed by atoms with Crippen molar-refractivity contribution in [1.29, 1.82) is 0 Å². The van der Waals surface area contributed by atoms with Gasteiger partial charge >= 0.3 is 0 Å². The Kier molecular flexibility index (Phi) is 7.76. The lowest BCUT2D eigenvalue weighted by Crippen LogP contribution is -2.37. The number of benzene rings is 1. The molecule has 0 radical (unpaired) electrons. The van der Waals surface area contributed by atoms with Crippen molar-refractivity contribution < 1.29 is 20.4 Å². The van der Waals surface area contributed by atoms with Crippen molar-refractivity contribution in [3.05, 3.63) is 41.0 Å². The molecule has 1 atom stereocenters. The SMILES string of the molecule is CCCC/C=C/Cc1c(CC(O)C(C)(C)O)ccc(O)c1CO. The van der Waals surface area contributed by atoms with Gasteiger partial charge in [0.15, 0.2) is 0 Å². The summed E-state index contributed by atoms with van der Waals surface area (Å²) in [7, 11) is 0. The molecule has 130 valence electrons. The maximum absolute atomic E-state index is 10.1. The number of allylic oxidation sites excluding steroid dienone is 2. The Labute approximate surface area is 139 Å². The molecule has 0 amide bonds. The van der Waals surface area contributed by atoms with Gasteiger partial charge in [0.1, 0.15) is 5.75 Å². The van der Waals surface area contributed by atoms with Gasteiger partial charge in [0.2, 0.25) is 0 Å². The van der Waals surface area contributed by atoms with Gasteiger partial charge in [0, 0.05) is 12.0 Å². The molecule has 4 N–H and O–H groups in total. The molecule has 1 unspecified atom stereocenters. The van der Waals surface area contributed by atoms with Crippen LogP contribution in [0.5, 0.6) is 5.75 Å². The van der Waals surface area contributed by atoms with Crippen molar-refractivity contribution in [2.24, 2.45) is 0 Å². The molecule has 1 aromatic carbocycles. The number of unbranched alkanes of at least 4 members (excludes halogenated alkanes) is 2. The van der Waals surface area contributed by atoms with Crippen LogP contribution in [0.25, 0.3) is 0 Å². The fraction of sp³-hybridized carbons (Fsp3) is 0.579. The van der Waals surface area contributed by atoms with Crippen molar-refractivity contribution in [2.45, 2.75) is 71.2 Å². The molecule has 0 aromatic heterocycles. The van der Waals surface area contributed by atoms with Gasteiger partial charge in [0.05, 0.1) is 18.3 Å². The Morgan fingerprint density at radius 2 is 1.87 bits per heavy atom. The first-order chi connectivity index (χ1) is 10.8. The zero-order chi connectivity index (χ0) is 17.5. The van der Waals surface area contributed by atoms with E-state index >= 15 is 0 Å². The van der Waals surface area contributed by atoms with Gasteiger partial charge in [-0.2, -0.15) is 0 Å². The van der Waals surface area contributed by atoms with Crippen molar-refractivity contribution in [1.82, 2.24) is 0 Å². The zero-order valence-electron chi connectivity index (χ0n) is 14.4. The van der Waals surface area contributed by atoms with Gasteiger partial charge in [-0.1, -0.05) is 38.0 Å². The second-order valence-electron chi connectivity index (χ2n) is 6.55. The molecular formula is C19H30O4. The lowest BCUT2D eigenvalue weighted by molar-refractivity contribution is -0.0470. The molecule has 0 saturated carbocycles. The van der Waals surface area contributed by atoms with Crippen LogP contribution in [0.4, 0.5) is 0 Å². The molecule has 1 rings (SSSR count). The molecule has 1 aromatic rings. The van der Waals surface area contributed by atoms with Gasteiger partial charge in [-0.05, 0) is 43.9 Å². The maximum atomic E-state index is 10.1. The summed E-state index contributed by atoms with van der Waals surface area (Å²) in [6.45, 7) is 5.02. The molecule has 0 fully saturated rings. The molecule has 23 heavy (non-hydrogen) atoms. The van der Waals surface area contributed by atoms with E-state index in [0.29, 0.717) is 12.0 Å². The molecule has 0 aliphatic carbocycles. The van der Waals surface area contributed by atoms with E-state index in [0.717, 1.165) is 30.4 Å². The number of hydrogen-bond donors (Lipinski definition) is 4. The van der Waals surface area contributed by atoms with Crippen molar-refractivity contribution >= 4 is 0 Å². The highest BCUT2D eigenvalue weighted by Gasteiger charge is 2.26. The van der Waals surface area contributed by atoms with Crippen LogP contribution in [-0.2, 0) is 19.4 Å². The fourth-order valence-corrected chi connectivity index (χ4v) is 2.45. The summed E-state index contributed by atoms with van der Waals surface area (Å²) in [5.41, 5.74) is 0.946. The lowest BCUT2D eigenvalue weighted by Gasteiger charge is -2.26. The number of phenols is 1. The molecule has 0 bridgehead atoms. The van der Waals surface area contributed by atoms with Gasteiger partial charge in [-0.3, -0.25) is 0 Å². The summed E-state index contributed by atoms with van der Waals surface area (Å²) >= 11 is 0. The number of hydrogen-bond acceptors (Lipinski definition) is 4. The first-order valence-electron chi connectivity index (χ1n) is 8.30. The van der Waals surface area contributed by atoms with Crippen LogP contribution in [0.3, 0.4) is 0 Å². The molecule has 0 aliphatic heterocycles. The normalized spacial score (nSPS) is 13.7. The van der Waals surface area contributed by atoms with E-state index in [4.69, 9.17) is 0 Å². The van der Waals surface area contributed by atoms with Crippen LogP contribution < -0.4 is 0 Å². The van der Waals surface area contributed by atoms with E-state index in [2.05, 4.69) is 13.0 Å². The third-order valence-electron chi connectivity index (χ3n) is 4.10. The minimum absolute atomic E-state index is 0.0611. The maximum Gasteiger partial charge on any atom is 0.121 e. The van der Waals surface area contributed by atoms with Crippen LogP contribution in [0, 0.1) is 0 Å². The second-order valence-corrected chi connectivity index (χ2v) is 6.55. The van der Waals surface area contributed by atoms with Crippen LogP contribution in [-0.4, -0.2) is 32.1 Å². The number of rotatable bonds is 9. The second kappa shape index (κ2) is 9.06. The number of aromatic hydroxyl groups is 1. The monoisotopic (exact) mass is 322 g/mol. The van der Waals surface area contributed by atoms with Crippen LogP contribution in [0.1, 0.15) is 56.7 Å². The third-order valence-corrected chi connectivity index (χ3v) is 4.10. The summed E-state index contributed by atoms with van der Waals surface area (Å²) in [4.78, 5) is 0. The van der Waals surface area contributed by atoms with E-state index in [9.17, 15) is 20.4 Å². The molecular weight excluding hydrogens is 292 g/mol. The Bertz CT molecular complexity index is 515. The van der Waals surface area contributed by atoms with Gasteiger partial charge in [-0.15, -0.1) is 0 Å². The van der Waals surface area contributed by atoms with Gasteiger partial charge in [0.25, 0.3) is 0 Å². The van der Waals surface area contributed by atoms with Crippen LogP contribution in [0.2, 0.25) is 0 Å². The average molecular weight is 322 g/mol. The average Bonchev–Trinajstić information content (AvgIpc) is 2.48. The molecule has 0 saturated heterocycles. The predicted octanol–water partition coefficient (Wildman–Crippen LogP) is 2.85. The van der Waals surface area contributed by atoms with Gasteiger partial charge < -0.3 is 20.4 Å². The van der Waals surface area contributed by atoms with Crippen molar-refractivity contribution in [3.8, 4) is 5.75 Å². The largest absolute Gasteiger partial charge is 0.508 e. The first kappa shape index (κ1) is 19.7. The Morgan fingerprint density at radius 3 is 2.43 bits per heavy atom. The van der Waals surface area contributed by atoms with E-state index < -0.39 is 11.7 Å². The minimum Gasteiger partial charge on any atom is -0.508 e. The predicted molar refractivity (Wildman–Crippen MR) is 92.4 cm³/mol. The minimum atomic E-state index is -1.20. The van der Waals surface area contributed by atoms with Crippen molar-refractivity contribution in [3.63, 3.8) is 0 Å². The summed E-state index contributed by atoms with van der Waals surface area (Å²) < 4.78 is 0. The lowest BCUT2D eigenvalue weighted by atomic mass is 9.89. The zero-order valence-corrected chi connectivity index (χ0v) is 14.4. The Balaban J connectivity index is 3.02. The van der Waals surface area contributed by atoms with Crippen LogP contribution >= 0.6 is 0 Å². The third kappa shape index (κ3) is 5.98. The molecule has 0 spiro atoms. The quantitative estimate of drug-likeness (QED) is 0.416. The highest BCUT2D eigenvalue weighted by atomic mass is 16.3. The number of aliphatic hydroxyl groups excluding tert-OH is 2. The smallest absolute Gasteiger partial charge is 0.121 e. The summed E-state index contributed by atoms with van der Waals surface area (Å²) in [5.74, 6) is 0.0611. The molecule has 4 nitrogen and oxygen atoms in total. The molecule has 0 heterocycles. The first-order valence-corrected chi connectivity index (χ1v) is 8.30. The Hall–Kier alpha value is -1.36. The Morgan fingerprint density at radius 1 is 1.17 bits per heavy atom. The van der Waals surface area contributed by atoms with Crippen LogP contribution in [0.15, 0.2) is 24.3 Å². The van der Waals surface area contributed by atoms with E-state index in [1.54, 1.807) is 19.9 Å². The number of aliphatic hydroxyl groups is 3. The summed E-state index contributed by atoms with van der Waals surface area (Å²) in [6.07, 6.45) is 7.35. The highest BCUT2D eigenvalue weighted by Crippen LogP contribution is 2.28. The fourth-order valence-electron chi connectivity index (χ4n) is 2.45. The standard InChI is InChI=1S/C19H30O4/c1-4-5-6-7-8-9-15-14(12-18(22)19(2,3)23)10-11-17(21)16(15)13-20/h7-8,10-11,18,20-23H,4-6,9,12-13H2,1-3H3/b8-7+. The van der Waals surface area contributed by atoms with E-state index in [1.807, 2.05) is 6.08 Å². The van der Waals surface area contributed by atoms with Crippen molar-refractivity contribution in [2.75, 3.05) is 0 Å². The molecule has 4 heteroatoms. The summed E-state index contributed by atoms with van der Waals surface area (Å²) in [6, 6.07) is 3.28. The highest BCUT2D eigenvalue weighted by molar-refractivity contribution is 5.45.